The van der Waals surface area contributed by atoms with Crippen molar-refractivity contribution >= 4 is 27.5 Å². The molecule has 98 valence electrons. The van der Waals surface area contributed by atoms with Crippen molar-refractivity contribution < 1.29 is 9.90 Å². The number of amides is 1. The van der Waals surface area contributed by atoms with Crippen LogP contribution in [-0.2, 0) is 5.33 Å². The Labute approximate surface area is 120 Å². The molecule has 0 fully saturated rings. The summed E-state index contributed by atoms with van der Waals surface area (Å²) in [6.07, 6.45) is 0. The fraction of sp³-hybridized carbons (Fsp3) is 0.133. The van der Waals surface area contributed by atoms with Crippen LogP contribution >= 0.6 is 15.9 Å². The maximum absolute atomic E-state index is 12.2. The fourth-order valence-corrected chi connectivity index (χ4v) is 2.28. The second kappa shape index (κ2) is 5.89. The lowest BCUT2D eigenvalue weighted by Gasteiger charge is -2.10. The smallest absolute Gasteiger partial charge is 0.256 e. The lowest BCUT2D eigenvalue weighted by molar-refractivity contribution is 0.102. The number of phenolic OH excluding ortho intramolecular Hbond substituents is 1. The molecule has 0 atom stereocenters. The summed E-state index contributed by atoms with van der Waals surface area (Å²) < 4.78 is 0. The molecule has 0 aliphatic heterocycles. The van der Waals surface area contributed by atoms with Gasteiger partial charge in [-0.05, 0) is 36.2 Å². The molecule has 0 heterocycles. The van der Waals surface area contributed by atoms with Crippen molar-refractivity contribution in [3.8, 4) is 5.75 Å². The van der Waals surface area contributed by atoms with Crippen molar-refractivity contribution in [3.63, 3.8) is 0 Å². The molecule has 2 N–H and O–H groups in total. The van der Waals surface area contributed by atoms with Crippen LogP contribution in [0.4, 0.5) is 5.69 Å². The predicted octanol–water partition coefficient (Wildman–Crippen LogP) is 3.85. The summed E-state index contributed by atoms with van der Waals surface area (Å²) >= 11 is 3.36. The molecule has 0 aliphatic rings. The van der Waals surface area contributed by atoms with Gasteiger partial charge in [0.25, 0.3) is 5.91 Å². The Morgan fingerprint density at radius 2 is 2.00 bits per heavy atom. The van der Waals surface area contributed by atoms with Gasteiger partial charge in [0, 0.05) is 10.9 Å². The average Bonchev–Trinajstić information content (AvgIpc) is 2.41. The van der Waals surface area contributed by atoms with E-state index in [1.165, 1.54) is 0 Å². The fourth-order valence-electron chi connectivity index (χ4n) is 1.80. The molecule has 1 amide bonds. The van der Waals surface area contributed by atoms with Crippen molar-refractivity contribution in [1.82, 2.24) is 0 Å². The van der Waals surface area contributed by atoms with Crippen LogP contribution in [0.2, 0.25) is 0 Å². The highest BCUT2D eigenvalue weighted by Gasteiger charge is 2.12. The molecule has 2 rings (SSSR count). The first-order chi connectivity index (χ1) is 9.11. The van der Waals surface area contributed by atoms with Crippen molar-refractivity contribution in [2.75, 3.05) is 5.32 Å². The number of hydrogen-bond donors (Lipinski definition) is 2. The highest BCUT2D eigenvalue weighted by Crippen LogP contribution is 2.25. The van der Waals surface area contributed by atoms with Crippen LogP contribution in [0.25, 0.3) is 0 Å². The Morgan fingerprint density at radius 3 is 2.68 bits per heavy atom. The van der Waals surface area contributed by atoms with Crippen LogP contribution in [0.15, 0.2) is 42.5 Å². The Kier molecular flexibility index (Phi) is 4.22. The number of aryl methyl sites for hydroxylation is 1. The number of halogens is 1. The minimum absolute atomic E-state index is 0.0738. The van der Waals surface area contributed by atoms with Gasteiger partial charge in [-0.25, -0.2) is 0 Å². The number of rotatable bonds is 3. The molecular weight excluding hydrogens is 306 g/mol. The summed E-state index contributed by atoms with van der Waals surface area (Å²) in [7, 11) is 0. The summed E-state index contributed by atoms with van der Waals surface area (Å²) in [4.78, 5) is 12.2. The van der Waals surface area contributed by atoms with E-state index in [0.717, 1.165) is 11.1 Å². The zero-order valence-electron chi connectivity index (χ0n) is 10.5. The van der Waals surface area contributed by atoms with Crippen molar-refractivity contribution in [2.24, 2.45) is 0 Å². The largest absolute Gasteiger partial charge is 0.506 e. The number of anilines is 1. The van der Waals surface area contributed by atoms with Crippen LogP contribution in [0.3, 0.4) is 0 Å². The molecule has 3 nitrogen and oxygen atoms in total. The molecule has 19 heavy (non-hydrogen) atoms. The summed E-state index contributed by atoms with van der Waals surface area (Å²) in [5.41, 5.74) is 2.86. The maximum atomic E-state index is 12.2. The number of hydrogen-bond acceptors (Lipinski definition) is 2. The Hall–Kier alpha value is -1.81. The summed E-state index contributed by atoms with van der Waals surface area (Å²) in [6, 6.07) is 12.5. The highest BCUT2D eigenvalue weighted by atomic mass is 79.9. The Balaban J connectivity index is 2.26. The van der Waals surface area contributed by atoms with E-state index in [4.69, 9.17) is 0 Å². The summed E-state index contributed by atoms with van der Waals surface area (Å²) in [5, 5.41) is 13.1. The van der Waals surface area contributed by atoms with E-state index in [1.54, 1.807) is 18.2 Å². The van der Waals surface area contributed by atoms with Crippen molar-refractivity contribution in [3.05, 3.63) is 59.2 Å². The van der Waals surface area contributed by atoms with Gasteiger partial charge in [0.15, 0.2) is 0 Å². The van der Waals surface area contributed by atoms with Crippen molar-refractivity contribution in [1.29, 1.82) is 0 Å². The third-order valence-electron chi connectivity index (χ3n) is 2.81. The van der Waals surface area contributed by atoms with E-state index in [9.17, 15) is 9.90 Å². The molecule has 2 aromatic rings. The highest BCUT2D eigenvalue weighted by molar-refractivity contribution is 9.08. The van der Waals surface area contributed by atoms with E-state index in [2.05, 4.69) is 21.2 Å². The van der Waals surface area contributed by atoms with E-state index in [0.29, 0.717) is 16.6 Å². The molecular formula is C15H14BrNO2. The molecule has 0 saturated carbocycles. The van der Waals surface area contributed by atoms with Crippen LogP contribution in [0.1, 0.15) is 21.5 Å². The van der Waals surface area contributed by atoms with E-state index in [-0.39, 0.29) is 11.7 Å². The standard InChI is InChI=1S/C15H14BrNO2/c1-10-6-7-13(14(18)8-10)17-15(19)12-5-3-2-4-11(12)9-16/h2-8,18H,9H2,1H3,(H,17,19). The normalized spacial score (nSPS) is 10.2. The number of alkyl halides is 1. The van der Waals surface area contributed by atoms with E-state index < -0.39 is 0 Å². The minimum atomic E-state index is -0.228. The molecule has 2 aromatic carbocycles. The average molecular weight is 320 g/mol. The van der Waals surface area contributed by atoms with Gasteiger partial charge < -0.3 is 10.4 Å². The van der Waals surface area contributed by atoms with Gasteiger partial charge in [0.2, 0.25) is 0 Å². The third kappa shape index (κ3) is 3.15. The quantitative estimate of drug-likeness (QED) is 0.667. The molecule has 0 unspecified atom stereocenters. The second-order valence-corrected chi connectivity index (χ2v) is 4.83. The topological polar surface area (TPSA) is 49.3 Å². The van der Waals surface area contributed by atoms with Crippen LogP contribution < -0.4 is 5.32 Å². The van der Waals surface area contributed by atoms with Crippen LogP contribution in [-0.4, -0.2) is 11.0 Å². The number of benzene rings is 2. The van der Waals surface area contributed by atoms with Gasteiger partial charge in [0.1, 0.15) is 5.75 Å². The number of carbonyl (C=O) groups excluding carboxylic acids is 1. The summed E-state index contributed by atoms with van der Waals surface area (Å²) in [6.45, 7) is 1.88. The van der Waals surface area contributed by atoms with E-state index in [1.807, 2.05) is 31.2 Å². The Morgan fingerprint density at radius 1 is 1.26 bits per heavy atom. The molecule has 4 heteroatoms. The molecule has 0 radical (unpaired) electrons. The zero-order valence-corrected chi connectivity index (χ0v) is 12.1. The number of nitrogens with one attached hydrogen (secondary N) is 1. The lowest BCUT2D eigenvalue weighted by atomic mass is 10.1. The molecule has 0 aliphatic carbocycles. The molecule has 0 aromatic heterocycles. The number of aromatic hydroxyl groups is 1. The first-order valence-electron chi connectivity index (χ1n) is 5.86. The SMILES string of the molecule is Cc1ccc(NC(=O)c2ccccc2CBr)c(O)c1. The molecule has 0 spiro atoms. The number of carbonyl (C=O) groups is 1. The first-order valence-corrected chi connectivity index (χ1v) is 6.99. The van der Waals surface area contributed by atoms with Crippen LogP contribution in [0, 0.1) is 6.92 Å². The van der Waals surface area contributed by atoms with Gasteiger partial charge in [0.05, 0.1) is 5.69 Å². The predicted molar refractivity (Wildman–Crippen MR) is 79.9 cm³/mol. The Bertz CT molecular complexity index is 611. The van der Waals surface area contributed by atoms with Crippen LogP contribution in [0.5, 0.6) is 5.75 Å². The number of phenols is 1. The maximum Gasteiger partial charge on any atom is 0.256 e. The lowest BCUT2D eigenvalue weighted by Crippen LogP contribution is -2.13. The minimum Gasteiger partial charge on any atom is -0.506 e. The van der Waals surface area contributed by atoms with Crippen molar-refractivity contribution in [2.45, 2.75) is 12.3 Å². The van der Waals surface area contributed by atoms with E-state index >= 15 is 0 Å². The van der Waals surface area contributed by atoms with Gasteiger partial charge in [-0.3, -0.25) is 4.79 Å². The molecule has 0 saturated heterocycles. The van der Waals surface area contributed by atoms with Gasteiger partial charge in [-0.1, -0.05) is 40.2 Å². The van der Waals surface area contributed by atoms with Gasteiger partial charge in [-0.15, -0.1) is 0 Å². The second-order valence-electron chi connectivity index (χ2n) is 4.27. The van der Waals surface area contributed by atoms with Gasteiger partial charge in [-0.2, -0.15) is 0 Å². The molecule has 0 bridgehead atoms. The zero-order chi connectivity index (χ0) is 13.8. The van der Waals surface area contributed by atoms with Gasteiger partial charge >= 0.3 is 0 Å². The summed E-state index contributed by atoms with van der Waals surface area (Å²) in [5.74, 6) is -0.154. The first kappa shape index (κ1) is 13.6. The third-order valence-corrected chi connectivity index (χ3v) is 3.41. The monoisotopic (exact) mass is 319 g/mol.